The minimum absolute atomic E-state index is 0.311. The Kier molecular flexibility index (Phi) is 9.27. The highest BCUT2D eigenvalue weighted by atomic mass is 32.1. The first kappa shape index (κ1) is 22.5. The summed E-state index contributed by atoms with van der Waals surface area (Å²) in [6.45, 7) is 6.36. The predicted octanol–water partition coefficient (Wildman–Crippen LogP) is 5.29. The van der Waals surface area contributed by atoms with Gasteiger partial charge in [-0.2, -0.15) is 0 Å². The van der Waals surface area contributed by atoms with Gasteiger partial charge in [0.05, 0.1) is 13.4 Å². The SMILES string of the molecule is CCOCC.COC(=O)c1sc(C=CCn2ccnc2)cc1-c1ccc(F)cc1. The Morgan fingerprint density at radius 3 is 2.52 bits per heavy atom. The van der Waals surface area contributed by atoms with Crippen LogP contribution >= 0.6 is 11.3 Å². The second-order valence-electron chi connectivity index (χ2n) is 5.83. The molecule has 7 heteroatoms. The van der Waals surface area contributed by atoms with Gasteiger partial charge in [-0.1, -0.05) is 18.2 Å². The molecule has 3 aromatic rings. The van der Waals surface area contributed by atoms with Gasteiger partial charge < -0.3 is 14.0 Å². The Labute approximate surface area is 174 Å². The number of aromatic nitrogens is 2. The van der Waals surface area contributed by atoms with E-state index in [1.807, 2.05) is 42.8 Å². The average Bonchev–Trinajstić information content (AvgIpc) is 3.39. The second kappa shape index (κ2) is 11.9. The fourth-order valence-corrected chi connectivity index (χ4v) is 3.50. The summed E-state index contributed by atoms with van der Waals surface area (Å²) < 4.78 is 24.8. The Hall–Kier alpha value is -2.77. The lowest BCUT2D eigenvalue weighted by atomic mass is 10.1. The molecule has 29 heavy (non-hydrogen) atoms. The number of hydrogen-bond donors (Lipinski definition) is 0. The third-order valence-electron chi connectivity index (χ3n) is 3.84. The van der Waals surface area contributed by atoms with Crippen molar-refractivity contribution >= 4 is 23.4 Å². The molecule has 0 aliphatic heterocycles. The van der Waals surface area contributed by atoms with Gasteiger partial charge in [0.15, 0.2) is 0 Å². The van der Waals surface area contributed by atoms with Crippen LogP contribution in [-0.2, 0) is 16.0 Å². The van der Waals surface area contributed by atoms with Crippen molar-refractivity contribution in [1.29, 1.82) is 0 Å². The molecular formula is C22H25FN2O3S. The Bertz CT molecular complexity index is 901. The number of thiophene rings is 1. The minimum atomic E-state index is -0.395. The molecule has 3 rings (SSSR count). The van der Waals surface area contributed by atoms with Crippen LogP contribution in [0.3, 0.4) is 0 Å². The number of methoxy groups -OCH3 is 1. The molecule has 2 aromatic heterocycles. The van der Waals surface area contributed by atoms with Gasteiger partial charge in [0.1, 0.15) is 10.7 Å². The zero-order valence-corrected chi connectivity index (χ0v) is 17.6. The van der Waals surface area contributed by atoms with Crippen LogP contribution in [-0.4, -0.2) is 35.8 Å². The van der Waals surface area contributed by atoms with Crippen LogP contribution in [0, 0.1) is 5.82 Å². The van der Waals surface area contributed by atoms with Gasteiger partial charge in [-0.15, -0.1) is 11.3 Å². The fraction of sp³-hybridized carbons (Fsp3) is 0.273. The standard InChI is InChI=1S/C18H15FN2O2S.C4H10O/c1-23-18(22)17-16(13-4-6-14(19)7-5-13)11-15(24-17)3-2-9-21-10-8-20-12-21;1-3-5-4-2/h2-8,10-12H,9H2,1H3;3-4H2,1-2H3. The number of nitrogens with zero attached hydrogens (tertiary/aromatic N) is 2. The van der Waals surface area contributed by atoms with E-state index in [1.165, 1.54) is 30.6 Å². The normalized spacial score (nSPS) is 10.6. The highest BCUT2D eigenvalue weighted by Gasteiger charge is 2.17. The van der Waals surface area contributed by atoms with E-state index in [-0.39, 0.29) is 5.82 Å². The smallest absolute Gasteiger partial charge is 0.348 e. The van der Waals surface area contributed by atoms with Crippen molar-refractivity contribution in [3.63, 3.8) is 0 Å². The lowest BCUT2D eigenvalue weighted by Gasteiger charge is -2.02. The molecule has 2 heterocycles. The number of ether oxygens (including phenoxy) is 2. The highest BCUT2D eigenvalue weighted by Crippen LogP contribution is 2.33. The van der Waals surface area contributed by atoms with Crippen LogP contribution < -0.4 is 0 Å². The lowest BCUT2D eigenvalue weighted by Crippen LogP contribution is -1.99. The van der Waals surface area contributed by atoms with E-state index in [1.54, 1.807) is 24.7 Å². The van der Waals surface area contributed by atoms with Crippen molar-refractivity contribution in [2.75, 3.05) is 20.3 Å². The molecule has 0 bridgehead atoms. The van der Waals surface area contributed by atoms with E-state index in [4.69, 9.17) is 9.47 Å². The number of esters is 1. The molecule has 0 N–H and O–H groups in total. The maximum absolute atomic E-state index is 13.1. The molecule has 0 amide bonds. The first-order chi connectivity index (χ1) is 14.1. The number of benzene rings is 1. The zero-order chi connectivity index (χ0) is 21.1. The molecule has 0 unspecified atom stereocenters. The number of carbonyl (C=O) groups is 1. The number of hydrogen-bond acceptors (Lipinski definition) is 5. The van der Waals surface area contributed by atoms with Gasteiger partial charge in [-0.3, -0.25) is 0 Å². The largest absolute Gasteiger partial charge is 0.465 e. The fourth-order valence-electron chi connectivity index (χ4n) is 2.47. The molecule has 154 valence electrons. The van der Waals surface area contributed by atoms with E-state index in [0.29, 0.717) is 11.4 Å². The third-order valence-corrected chi connectivity index (χ3v) is 4.92. The quantitative estimate of drug-likeness (QED) is 0.491. The van der Waals surface area contributed by atoms with Crippen LogP contribution in [0.2, 0.25) is 0 Å². The molecule has 1 aromatic carbocycles. The van der Waals surface area contributed by atoms with Gasteiger partial charge in [-0.05, 0) is 43.7 Å². The number of carbonyl (C=O) groups excluding carboxylic acids is 1. The molecular weight excluding hydrogens is 391 g/mol. The van der Waals surface area contributed by atoms with Crippen LogP contribution in [0.25, 0.3) is 17.2 Å². The Morgan fingerprint density at radius 1 is 1.24 bits per heavy atom. The van der Waals surface area contributed by atoms with Crippen LogP contribution in [0.15, 0.2) is 55.1 Å². The van der Waals surface area contributed by atoms with Crippen LogP contribution in [0.5, 0.6) is 0 Å². The summed E-state index contributed by atoms with van der Waals surface area (Å²) in [6.07, 6.45) is 9.28. The maximum Gasteiger partial charge on any atom is 0.348 e. The maximum atomic E-state index is 13.1. The van der Waals surface area contributed by atoms with Gasteiger partial charge in [0.25, 0.3) is 0 Å². The highest BCUT2D eigenvalue weighted by molar-refractivity contribution is 7.15. The summed E-state index contributed by atoms with van der Waals surface area (Å²) >= 11 is 1.35. The van der Waals surface area contributed by atoms with Crippen LogP contribution in [0.4, 0.5) is 4.39 Å². The van der Waals surface area contributed by atoms with Gasteiger partial charge in [-0.25, -0.2) is 14.2 Å². The summed E-state index contributed by atoms with van der Waals surface area (Å²) in [5.41, 5.74) is 1.52. The van der Waals surface area contributed by atoms with Crippen molar-refractivity contribution in [1.82, 2.24) is 9.55 Å². The van der Waals surface area contributed by atoms with Gasteiger partial charge in [0.2, 0.25) is 0 Å². The van der Waals surface area contributed by atoms with Crippen molar-refractivity contribution in [2.24, 2.45) is 0 Å². The summed E-state index contributed by atoms with van der Waals surface area (Å²) in [5.74, 6) is -0.706. The summed E-state index contributed by atoms with van der Waals surface area (Å²) in [5, 5.41) is 0. The molecule has 0 radical (unpaired) electrons. The molecule has 0 aliphatic carbocycles. The van der Waals surface area contributed by atoms with E-state index >= 15 is 0 Å². The van der Waals surface area contributed by atoms with Crippen molar-refractivity contribution < 1.29 is 18.7 Å². The molecule has 0 atom stereocenters. The molecule has 0 aliphatic rings. The molecule has 5 nitrogen and oxygen atoms in total. The summed E-state index contributed by atoms with van der Waals surface area (Å²) in [4.78, 5) is 17.4. The Morgan fingerprint density at radius 2 is 1.97 bits per heavy atom. The second-order valence-corrected chi connectivity index (χ2v) is 6.92. The number of allylic oxidation sites excluding steroid dienone is 1. The lowest BCUT2D eigenvalue weighted by molar-refractivity contribution is 0.0607. The molecule has 0 saturated carbocycles. The molecule has 0 fully saturated rings. The first-order valence-corrected chi connectivity index (χ1v) is 10.1. The average molecular weight is 417 g/mol. The predicted molar refractivity (Wildman–Crippen MR) is 114 cm³/mol. The van der Waals surface area contributed by atoms with E-state index in [0.717, 1.165) is 29.2 Å². The van der Waals surface area contributed by atoms with Crippen molar-refractivity contribution in [2.45, 2.75) is 20.4 Å². The Balaban J connectivity index is 0.000000537. The summed E-state index contributed by atoms with van der Waals surface area (Å²) in [7, 11) is 1.35. The zero-order valence-electron chi connectivity index (χ0n) is 16.8. The van der Waals surface area contributed by atoms with Crippen molar-refractivity contribution in [3.8, 4) is 11.1 Å². The number of imidazole rings is 1. The van der Waals surface area contributed by atoms with E-state index < -0.39 is 5.97 Å². The van der Waals surface area contributed by atoms with Crippen molar-refractivity contribution in [3.05, 3.63) is 70.7 Å². The summed E-state index contributed by atoms with van der Waals surface area (Å²) in [6, 6.07) is 7.98. The number of rotatable bonds is 7. The number of halogens is 1. The van der Waals surface area contributed by atoms with E-state index in [9.17, 15) is 9.18 Å². The van der Waals surface area contributed by atoms with E-state index in [2.05, 4.69) is 4.98 Å². The molecule has 0 spiro atoms. The molecule has 0 saturated heterocycles. The monoisotopic (exact) mass is 416 g/mol. The minimum Gasteiger partial charge on any atom is -0.465 e. The third kappa shape index (κ3) is 6.96. The topological polar surface area (TPSA) is 53.4 Å². The first-order valence-electron chi connectivity index (χ1n) is 9.27. The van der Waals surface area contributed by atoms with Crippen LogP contribution in [0.1, 0.15) is 28.4 Å². The van der Waals surface area contributed by atoms with Gasteiger partial charge >= 0.3 is 5.97 Å². The van der Waals surface area contributed by atoms with Gasteiger partial charge in [0, 0.05) is 42.6 Å².